The van der Waals surface area contributed by atoms with Crippen molar-refractivity contribution in [3.63, 3.8) is 0 Å². The third-order valence-corrected chi connectivity index (χ3v) is 4.18. The molecule has 0 amide bonds. The Bertz CT molecular complexity index is 385. The largest absolute Gasteiger partial charge is 0.378 e. The van der Waals surface area contributed by atoms with Crippen molar-refractivity contribution in [2.24, 2.45) is 11.7 Å². The van der Waals surface area contributed by atoms with Gasteiger partial charge in [0.05, 0.1) is 0 Å². The lowest BCUT2D eigenvalue weighted by Gasteiger charge is -2.23. The second-order valence-electron chi connectivity index (χ2n) is 6.06. The summed E-state index contributed by atoms with van der Waals surface area (Å²) >= 11 is 0. The Morgan fingerprint density at radius 1 is 1.26 bits per heavy atom. The molecule has 19 heavy (non-hydrogen) atoms. The lowest BCUT2D eigenvalue weighted by Crippen LogP contribution is -2.35. The van der Waals surface area contributed by atoms with Crippen LogP contribution >= 0.6 is 0 Å². The number of nitrogens with two attached hydrogens (primary N) is 1. The fourth-order valence-corrected chi connectivity index (χ4v) is 2.95. The molecule has 2 rings (SSSR count). The molecule has 0 bridgehead atoms. The third kappa shape index (κ3) is 3.71. The first-order valence-corrected chi connectivity index (χ1v) is 7.33. The maximum atomic E-state index is 5.94. The molecule has 1 aromatic rings. The van der Waals surface area contributed by atoms with Gasteiger partial charge in [-0.1, -0.05) is 19.1 Å². The average Bonchev–Trinajstić information content (AvgIpc) is 2.81. The Labute approximate surface area is 117 Å². The summed E-state index contributed by atoms with van der Waals surface area (Å²) in [4.78, 5) is 2.12. The summed E-state index contributed by atoms with van der Waals surface area (Å²) in [5.74, 6) is 0.854. The van der Waals surface area contributed by atoms with Gasteiger partial charge in [0.2, 0.25) is 0 Å². The quantitative estimate of drug-likeness (QED) is 0.856. The highest BCUT2D eigenvalue weighted by Crippen LogP contribution is 2.27. The lowest BCUT2D eigenvalue weighted by molar-refractivity contribution is 0.434. The van der Waals surface area contributed by atoms with E-state index in [1.165, 1.54) is 30.5 Å². The third-order valence-electron chi connectivity index (χ3n) is 4.18. The zero-order valence-electron chi connectivity index (χ0n) is 12.4. The molecule has 1 saturated carbocycles. The molecule has 0 heterocycles. The van der Waals surface area contributed by atoms with Crippen molar-refractivity contribution >= 4 is 5.69 Å². The molecule has 0 saturated heterocycles. The minimum atomic E-state index is 0.284. The van der Waals surface area contributed by atoms with Gasteiger partial charge >= 0.3 is 0 Å². The Hall–Kier alpha value is -1.06. The summed E-state index contributed by atoms with van der Waals surface area (Å²) < 4.78 is 0. The first-order valence-electron chi connectivity index (χ1n) is 7.33. The van der Waals surface area contributed by atoms with Crippen molar-refractivity contribution in [2.45, 2.75) is 38.3 Å². The van der Waals surface area contributed by atoms with E-state index in [0.29, 0.717) is 12.6 Å². The van der Waals surface area contributed by atoms with E-state index in [1.54, 1.807) is 0 Å². The molecule has 106 valence electrons. The molecule has 0 aromatic heterocycles. The zero-order chi connectivity index (χ0) is 13.8. The molecular formula is C16H27N3. The summed E-state index contributed by atoms with van der Waals surface area (Å²) in [6.45, 7) is 3.00. The van der Waals surface area contributed by atoms with Gasteiger partial charge in [0, 0.05) is 38.4 Å². The molecule has 3 unspecified atom stereocenters. The molecule has 3 atom stereocenters. The van der Waals surface area contributed by atoms with Crippen molar-refractivity contribution in [3.8, 4) is 0 Å². The van der Waals surface area contributed by atoms with E-state index < -0.39 is 0 Å². The van der Waals surface area contributed by atoms with Gasteiger partial charge in [-0.25, -0.2) is 0 Å². The number of rotatable bonds is 5. The molecule has 0 aliphatic heterocycles. The number of nitrogens with one attached hydrogen (secondary N) is 1. The number of anilines is 1. The van der Waals surface area contributed by atoms with Crippen molar-refractivity contribution < 1.29 is 0 Å². The standard InChI is InChI=1S/C16H27N3/c1-12-4-7-14(10-12)18-16(11-17)13-5-8-15(9-6-13)19(2)3/h5-6,8-9,12,14,16,18H,4,7,10-11,17H2,1-3H3. The summed E-state index contributed by atoms with van der Waals surface area (Å²) in [6.07, 6.45) is 3.91. The van der Waals surface area contributed by atoms with Gasteiger partial charge in [-0.15, -0.1) is 0 Å². The molecule has 1 aliphatic rings. The van der Waals surface area contributed by atoms with Crippen LogP contribution in [0.15, 0.2) is 24.3 Å². The predicted molar refractivity (Wildman–Crippen MR) is 82.5 cm³/mol. The van der Waals surface area contributed by atoms with E-state index in [2.05, 4.69) is 55.5 Å². The van der Waals surface area contributed by atoms with E-state index in [9.17, 15) is 0 Å². The molecule has 3 N–H and O–H groups in total. The predicted octanol–water partition coefficient (Wildman–Crippen LogP) is 2.53. The molecule has 1 fully saturated rings. The van der Waals surface area contributed by atoms with Crippen LogP contribution in [0.25, 0.3) is 0 Å². The highest BCUT2D eigenvalue weighted by atomic mass is 15.1. The highest BCUT2D eigenvalue weighted by molar-refractivity contribution is 5.46. The second kappa shape index (κ2) is 6.40. The molecular weight excluding hydrogens is 234 g/mol. The monoisotopic (exact) mass is 261 g/mol. The number of hydrogen-bond donors (Lipinski definition) is 2. The van der Waals surface area contributed by atoms with Crippen molar-refractivity contribution in [2.75, 3.05) is 25.5 Å². The second-order valence-corrected chi connectivity index (χ2v) is 6.06. The van der Waals surface area contributed by atoms with Crippen LogP contribution in [-0.2, 0) is 0 Å². The highest BCUT2D eigenvalue weighted by Gasteiger charge is 2.23. The molecule has 3 nitrogen and oxygen atoms in total. The fourth-order valence-electron chi connectivity index (χ4n) is 2.95. The molecule has 0 radical (unpaired) electrons. The average molecular weight is 261 g/mol. The van der Waals surface area contributed by atoms with E-state index >= 15 is 0 Å². The number of nitrogens with zero attached hydrogens (tertiary/aromatic N) is 1. The maximum absolute atomic E-state index is 5.94. The van der Waals surface area contributed by atoms with Gasteiger partial charge in [0.25, 0.3) is 0 Å². The lowest BCUT2D eigenvalue weighted by atomic mass is 10.0. The minimum absolute atomic E-state index is 0.284. The van der Waals surface area contributed by atoms with Crippen LogP contribution in [0.1, 0.15) is 37.8 Å². The minimum Gasteiger partial charge on any atom is -0.378 e. The van der Waals surface area contributed by atoms with Crippen LogP contribution in [0.5, 0.6) is 0 Å². The van der Waals surface area contributed by atoms with Gasteiger partial charge < -0.3 is 16.0 Å². The van der Waals surface area contributed by atoms with E-state index in [1.807, 2.05) is 0 Å². The van der Waals surface area contributed by atoms with Crippen LogP contribution in [0.2, 0.25) is 0 Å². The molecule has 1 aromatic carbocycles. The fraction of sp³-hybridized carbons (Fsp3) is 0.625. The smallest absolute Gasteiger partial charge is 0.0446 e. The summed E-state index contributed by atoms with van der Waals surface area (Å²) in [5, 5.41) is 3.72. The van der Waals surface area contributed by atoms with E-state index in [-0.39, 0.29) is 6.04 Å². The van der Waals surface area contributed by atoms with Gasteiger partial charge in [0.15, 0.2) is 0 Å². The Morgan fingerprint density at radius 3 is 2.42 bits per heavy atom. The number of benzene rings is 1. The van der Waals surface area contributed by atoms with Gasteiger partial charge in [-0.2, -0.15) is 0 Å². The first-order chi connectivity index (χ1) is 9.10. The normalized spacial score (nSPS) is 24.4. The SMILES string of the molecule is CC1CCC(NC(CN)c2ccc(N(C)C)cc2)C1. The van der Waals surface area contributed by atoms with Crippen molar-refractivity contribution in [3.05, 3.63) is 29.8 Å². The van der Waals surface area contributed by atoms with Crippen molar-refractivity contribution in [1.29, 1.82) is 0 Å². The number of hydrogen-bond acceptors (Lipinski definition) is 3. The Balaban J connectivity index is 2.00. The van der Waals surface area contributed by atoms with Crippen LogP contribution in [-0.4, -0.2) is 26.7 Å². The van der Waals surface area contributed by atoms with Gasteiger partial charge in [0.1, 0.15) is 0 Å². The zero-order valence-corrected chi connectivity index (χ0v) is 12.4. The summed E-state index contributed by atoms with van der Waals surface area (Å²) in [5.41, 5.74) is 8.47. The molecule has 1 aliphatic carbocycles. The van der Waals surface area contributed by atoms with Crippen LogP contribution in [0.4, 0.5) is 5.69 Å². The van der Waals surface area contributed by atoms with E-state index in [4.69, 9.17) is 5.73 Å². The summed E-state index contributed by atoms with van der Waals surface area (Å²) in [7, 11) is 4.13. The molecule has 3 heteroatoms. The Morgan fingerprint density at radius 2 is 1.95 bits per heavy atom. The van der Waals surface area contributed by atoms with E-state index in [0.717, 1.165) is 5.92 Å². The van der Waals surface area contributed by atoms with Gasteiger partial charge in [-0.05, 0) is 42.9 Å². The van der Waals surface area contributed by atoms with Gasteiger partial charge in [-0.3, -0.25) is 0 Å². The van der Waals surface area contributed by atoms with Crippen LogP contribution in [0, 0.1) is 5.92 Å². The van der Waals surface area contributed by atoms with Crippen LogP contribution < -0.4 is 16.0 Å². The topological polar surface area (TPSA) is 41.3 Å². The molecule has 0 spiro atoms. The Kier molecular flexibility index (Phi) is 4.83. The first kappa shape index (κ1) is 14.4. The maximum Gasteiger partial charge on any atom is 0.0446 e. The van der Waals surface area contributed by atoms with Crippen molar-refractivity contribution in [1.82, 2.24) is 5.32 Å². The van der Waals surface area contributed by atoms with Crippen LogP contribution in [0.3, 0.4) is 0 Å². The summed E-state index contributed by atoms with van der Waals surface area (Å²) in [6, 6.07) is 9.63.